The molecule has 1 aliphatic rings. The van der Waals surface area contributed by atoms with Crippen molar-refractivity contribution in [3.63, 3.8) is 0 Å². The van der Waals surface area contributed by atoms with E-state index in [0.717, 1.165) is 5.56 Å². The van der Waals surface area contributed by atoms with E-state index in [1.165, 1.54) is 0 Å². The molecule has 7 heteroatoms. The van der Waals surface area contributed by atoms with Gasteiger partial charge in [0.2, 0.25) is 12.7 Å². The number of ether oxygens (including phenoxy) is 2. The zero-order valence-corrected chi connectivity index (χ0v) is 15.9. The highest BCUT2D eigenvalue weighted by atomic mass is 35.5. The van der Waals surface area contributed by atoms with E-state index in [-0.39, 0.29) is 24.5 Å². The first-order valence-electron chi connectivity index (χ1n) is 8.66. The van der Waals surface area contributed by atoms with Crippen molar-refractivity contribution >= 4 is 23.4 Å². The first-order valence-corrected chi connectivity index (χ1v) is 9.04. The zero-order chi connectivity index (χ0) is 19.4. The lowest BCUT2D eigenvalue weighted by atomic mass is 10.0. The van der Waals surface area contributed by atoms with Gasteiger partial charge in [-0.2, -0.15) is 0 Å². The maximum atomic E-state index is 12.6. The minimum atomic E-state index is -0.662. The summed E-state index contributed by atoms with van der Waals surface area (Å²) in [4.78, 5) is 25.1. The van der Waals surface area contributed by atoms with Gasteiger partial charge in [0.25, 0.3) is 5.91 Å². The Labute approximate surface area is 162 Å². The molecule has 1 heterocycles. The molecule has 6 nitrogen and oxygen atoms in total. The number of halogens is 1. The Kier molecular flexibility index (Phi) is 5.86. The number of hydrogen-bond acceptors (Lipinski definition) is 4. The summed E-state index contributed by atoms with van der Waals surface area (Å²) in [5.74, 6) is 0.688. The molecule has 0 bridgehead atoms. The van der Waals surface area contributed by atoms with Crippen LogP contribution < -0.4 is 20.1 Å². The van der Waals surface area contributed by atoms with Crippen molar-refractivity contribution in [2.75, 3.05) is 6.79 Å². The standard InChI is InChI=1S/C20H21ClN2O4/c1-12(2)18(23-19(24)14-4-3-5-15(21)9-14)20(25)22-10-13-6-7-16-17(8-13)27-11-26-16/h3-9,12,18H,10-11H2,1-2H3,(H,22,25)(H,23,24)/t18-/m1/s1. The molecular formula is C20H21ClN2O4. The monoisotopic (exact) mass is 388 g/mol. The number of carbonyl (C=O) groups excluding carboxylic acids is 2. The summed E-state index contributed by atoms with van der Waals surface area (Å²) in [6, 6.07) is 11.5. The highest BCUT2D eigenvalue weighted by molar-refractivity contribution is 6.31. The van der Waals surface area contributed by atoms with E-state index in [2.05, 4.69) is 10.6 Å². The van der Waals surface area contributed by atoms with Crippen molar-refractivity contribution in [1.29, 1.82) is 0 Å². The molecule has 142 valence electrons. The molecule has 0 spiro atoms. The molecule has 2 N–H and O–H groups in total. The van der Waals surface area contributed by atoms with Crippen LogP contribution in [0.25, 0.3) is 0 Å². The third-order valence-corrected chi connectivity index (χ3v) is 4.46. The molecule has 0 saturated carbocycles. The second-order valence-corrected chi connectivity index (χ2v) is 7.05. The number of hydrogen-bond donors (Lipinski definition) is 2. The van der Waals surface area contributed by atoms with Crippen LogP contribution in [0.5, 0.6) is 11.5 Å². The number of amides is 2. The van der Waals surface area contributed by atoms with Gasteiger partial charge in [-0.3, -0.25) is 9.59 Å². The van der Waals surface area contributed by atoms with Gasteiger partial charge in [0.05, 0.1) is 0 Å². The molecular weight excluding hydrogens is 368 g/mol. The zero-order valence-electron chi connectivity index (χ0n) is 15.1. The maximum absolute atomic E-state index is 12.6. The Balaban J connectivity index is 1.62. The average Bonchev–Trinajstić information content (AvgIpc) is 3.11. The highest BCUT2D eigenvalue weighted by Crippen LogP contribution is 2.32. The Hall–Kier alpha value is -2.73. The average molecular weight is 389 g/mol. The summed E-state index contributed by atoms with van der Waals surface area (Å²) in [6.07, 6.45) is 0. The van der Waals surface area contributed by atoms with E-state index in [1.807, 2.05) is 32.0 Å². The van der Waals surface area contributed by atoms with Crippen LogP contribution in [0, 0.1) is 5.92 Å². The minimum absolute atomic E-state index is 0.0788. The SMILES string of the molecule is CC(C)[C@@H](NC(=O)c1cccc(Cl)c1)C(=O)NCc1ccc2c(c1)OCO2. The van der Waals surface area contributed by atoms with E-state index in [9.17, 15) is 9.59 Å². The molecule has 2 amide bonds. The lowest BCUT2D eigenvalue weighted by molar-refractivity contribution is -0.124. The molecule has 1 atom stereocenters. The van der Waals surface area contributed by atoms with Crippen LogP contribution >= 0.6 is 11.6 Å². The molecule has 0 fully saturated rings. The quantitative estimate of drug-likeness (QED) is 0.797. The Morgan fingerprint density at radius 3 is 2.63 bits per heavy atom. The normalized spacial score (nSPS) is 13.3. The fourth-order valence-corrected chi connectivity index (χ4v) is 2.93. The predicted octanol–water partition coefficient (Wildman–Crippen LogP) is 3.14. The Morgan fingerprint density at radius 2 is 1.89 bits per heavy atom. The van der Waals surface area contributed by atoms with Crippen molar-refractivity contribution in [2.45, 2.75) is 26.4 Å². The third-order valence-electron chi connectivity index (χ3n) is 4.23. The topological polar surface area (TPSA) is 76.7 Å². The molecule has 0 saturated heterocycles. The molecule has 2 aromatic rings. The second-order valence-electron chi connectivity index (χ2n) is 6.61. The Morgan fingerprint density at radius 1 is 1.11 bits per heavy atom. The highest BCUT2D eigenvalue weighted by Gasteiger charge is 2.24. The largest absolute Gasteiger partial charge is 0.454 e. The molecule has 27 heavy (non-hydrogen) atoms. The van der Waals surface area contributed by atoms with Crippen LogP contribution in [0.2, 0.25) is 5.02 Å². The molecule has 0 radical (unpaired) electrons. The molecule has 3 rings (SSSR count). The number of fused-ring (bicyclic) bond motifs is 1. The summed E-state index contributed by atoms with van der Waals surface area (Å²) in [6.45, 7) is 4.29. The van der Waals surface area contributed by atoms with E-state index in [4.69, 9.17) is 21.1 Å². The van der Waals surface area contributed by atoms with Gasteiger partial charge in [0, 0.05) is 17.1 Å². The van der Waals surface area contributed by atoms with Crippen molar-refractivity contribution in [2.24, 2.45) is 5.92 Å². The van der Waals surface area contributed by atoms with E-state index in [1.54, 1.807) is 24.3 Å². The van der Waals surface area contributed by atoms with Crippen LogP contribution in [0.3, 0.4) is 0 Å². The van der Waals surface area contributed by atoms with Crippen molar-refractivity contribution in [1.82, 2.24) is 10.6 Å². The first kappa shape index (κ1) is 19.0. The maximum Gasteiger partial charge on any atom is 0.251 e. The van der Waals surface area contributed by atoms with Gasteiger partial charge in [0.1, 0.15) is 6.04 Å². The van der Waals surface area contributed by atoms with E-state index < -0.39 is 6.04 Å². The van der Waals surface area contributed by atoms with Crippen molar-refractivity contribution < 1.29 is 19.1 Å². The summed E-state index contributed by atoms with van der Waals surface area (Å²) in [7, 11) is 0. The van der Waals surface area contributed by atoms with Crippen molar-refractivity contribution in [3.05, 3.63) is 58.6 Å². The van der Waals surface area contributed by atoms with Gasteiger partial charge in [-0.15, -0.1) is 0 Å². The van der Waals surface area contributed by atoms with Crippen LogP contribution in [-0.2, 0) is 11.3 Å². The number of benzene rings is 2. The van der Waals surface area contributed by atoms with Crippen LogP contribution in [0.15, 0.2) is 42.5 Å². The van der Waals surface area contributed by atoms with Crippen LogP contribution in [0.1, 0.15) is 29.8 Å². The van der Waals surface area contributed by atoms with E-state index in [0.29, 0.717) is 28.6 Å². The van der Waals surface area contributed by atoms with Crippen LogP contribution in [0.4, 0.5) is 0 Å². The lowest BCUT2D eigenvalue weighted by Crippen LogP contribution is -2.49. The molecule has 2 aromatic carbocycles. The molecule has 0 aliphatic carbocycles. The number of carbonyl (C=O) groups is 2. The van der Waals surface area contributed by atoms with Crippen molar-refractivity contribution in [3.8, 4) is 11.5 Å². The second kappa shape index (κ2) is 8.31. The lowest BCUT2D eigenvalue weighted by Gasteiger charge is -2.22. The number of rotatable bonds is 6. The van der Waals surface area contributed by atoms with Gasteiger partial charge in [0.15, 0.2) is 11.5 Å². The predicted molar refractivity (Wildman–Crippen MR) is 102 cm³/mol. The fraction of sp³-hybridized carbons (Fsp3) is 0.300. The summed E-state index contributed by atoms with van der Waals surface area (Å²) in [5.41, 5.74) is 1.30. The third kappa shape index (κ3) is 4.71. The molecule has 0 aromatic heterocycles. The fourth-order valence-electron chi connectivity index (χ4n) is 2.74. The van der Waals surface area contributed by atoms with E-state index >= 15 is 0 Å². The molecule has 1 aliphatic heterocycles. The summed E-state index contributed by atoms with van der Waals surface area (Å²) < 4.78 is 10.6. The van der Waals surface area contributed by atoms with Gasteiger partial charge < -0.3 is 20.1 Å². The number of nitrogens with one attached hydrogen (secondary N) is 2. The minimum Gasteiger partial charge on any atom is -0.454 e. The summed E-state index contributed by atoms with van der Waals surface area (Å²) in [5, 5.41) is 6.12. The summed E-state index contributed by atoms with van der Waals surface area (Å²) >= 11 is 5.93. The van der Waals surface area contributed by atoms with Gasteiger partial charge in [-0.25, -0.2) is 0 Å². The van der Waals surface area contributed by atoms with Gasteiger partial charge in [-0.05, 0) is 41.8 Å². The molecule has 0 unspecified atom stereocenters. The van der Waals surface area contributed by atoms with Gasteiger partial charge >= 0.3 is 0 Å². The Bertz CT molecular complexity index is 854. The first-order chi connectivity index (χ1) is 12.9. The smallest absolute Gasteiger partial charge is 0.251 e. The van der Waals surface area contributed by atoms with Crippen LogP contribution in [-0.4, -0.2) is 24.6 Å². The van der Waals surface area contributed by atoms with Gasteiger partial charge in [-0.1, -0.05) is 37.6 Å².